The summed E-state index contributed by atoms with van der Waals surface area (Å²) >= 11 is 0. The molecule has 1 aliphatic heterocycles. The zero-order valence-corrected chi connectivity index (χ0v) is 18.0. The topological polar surface area (TPSA) is 91.7 Å². The average Bonchev–Trinajstić information content (AvgIpc) is 3.04. The highest BCUT2D eigenvalue weighted by atomic mass is 16.2. The zero-order chi connectivity index (χ0) is 21.2. The summed E-state index contributed by atoms with van der Waals surface area (Å²) in [6, 6.07) is 4.22. The second-order valence-corrected chi connectivity index (χ2v) is 9.48. The third kappa shape index (κ3) is 3.21. The van der Waals surface area contributed by atoms with E-state index in [0.29, 0.717) is 17.7 Å². The van der Waals surface area contributed by atoms with Crippen molar-refractivity contribution in [3.63, 3.8) is 0 Å². The molecule has 2 fully saturated rings. The van der Waals surface area contributed by atoms with E-state index in [1.54, 1.807) is 12.5 Å². The highest BCUT2D eigenvalue weighted by molar-refractivity contribution is 5.92. The monoisotopic (exact) mass is 417 g/mol. The van der Waals surface area contributed by atoms with Crippen LogP contribution < -0.4 is 10.2 Å². The van der Waals surface area contributed by atoms with Gasteiger partial charge in [-0.3, -0.25) is 9.89 Å². The third-order valence-corrected chi connectivity index (χ3v) is 7.16. The van der Waals surface area contributed by atoms with E-state index in [2.05, 4.69) is 44.5 Å². The molecule has 3 aromatic heterocycles. The van der Waals surface area contributed by atoms with Crippen molar-refractivity contribution in [3.8, 4) is 0 Å². The molecule has 8 heteroatoms. The van der Waals surface area contributed by atoms with Crippen molar-refractivity contribution in [2.45, 2.75) is 52.1 Å². The second-order valence-electron chi connectivity index (χ2n) is 9.48. The van der Waals surface area contributed by atoms with Gasteiger partial charge in [0.05, 0.1) is 24.6 Å². The number of aryl methyl sites for hydroxylation is 2. The van der Waals surface area contributed by atoms with Crippen LogP contribution in [0.25, 0.3) is 0 Å². The van der Waals surface area contributed by atoms with Crippen LogP contribution in [0.5, 0.6) is 0 Å². The Hall–Kier alpha value is -3.16. The maximum Gasteiger partial charge on any atom is 0.272 e. The normalized spacial score (nSPS) is 20.6. The van der Waals surface area contributed by atoms with Crippen LogP contribution in [-0.2, 0) is 13.0 Å². The molecule has 1 saturated carbocycles. The lowest BCUT2D eigenvalue weighted by Gasteiger charge is -2.41. The number of nitrogens with zero attached hydrogens (tertiary/aromatic N) is 5. The fraction of sp³-hybridized carbons (Fsp3) is 0.478. The highest BCUT2D eigenvalue weighted by Crippen LogP contribution is 2.53. The Morgan fingerprint density at radius 2 is 2.13 bits per heavy atom. The van der Waals surface area contributed by atoms with Crippen LogP contribution in [0, 0.1) is 19.3 Å². The Morgan fingerprint density at radius 3 is 2.90 bits per heavy atom. The van der Waals surface area contributed by atoms with E-state index >= 15 is 0 Å². The van der Waals surface area contributed by atoms with E-state index in [1.165, 1.54) is 18.4 Å². The van der Waals surface area contributed by atoms with Gasteiger partial charge in [0.25, 0.3) is 5.91 Å². The first-order valence-electron chi connectivity index (χ1n) is 11.1. The Labute approximate surface area is 181 Å². The Bertz CT molecular complexity index is 1160. The maximum atomic E-state index is 12.7. The number of H-pyrrole nitrogens is 1. The van der Waals surface area contributed by atoms with Crippen molar-refractivity contribution in [1.82, 2.24) is 30.0 Å². The molecule has 3 aliphatic rings. The number of aromatic nitrogens is 5. The van der Waals surface area contributed by atoms with Crippen molar-refractivity contribution in [1.29, 1.82) is 0 Å². The zero-order valence-electron chi connectivity index (χ0n) is 18.0. The summed E-state index contributed by atoms with van der Waals surface area (Å²) in [5.74, 6) is 0.920. The molecule has 31 heavy (non-hydrogen) atoms. The van der Waals surface area contributed by atoms with Crippen LogP contribution in [0.2, 0.25) is 0 Å². The number of hydrogen-bond acceptors (Lipinski definition) is 5. The maximum absolute atomic E-state index is 12.7. The van der Waals surface area contributed by atoms with Crippen LogP contribution in [0.1, 0.15) is 64.0 Å². The predicted molar refractivity (Wildman–Crippen MR) is 116 cm³/mol. The van der Waals surface area contributed by atoms with E-state index in [0.717, 1.165) is 54.4 Å². The summed E-state index contributed by atoms with van der Waals surface area (Å²) in [6.45, 7) is 7.03. The first kappa shape index (κ1) is 18.6. The number of nitrogens with one attached hydrogen (secondary N) is 2. The van der Waals surface area contributed by atoms with Crippen LogP contribution in [0.15, 0.2) is 24.7 Å². The van der Waals surface area contributed by atoms with Crippen LogP contribution in [0.4, 0.5) is 5.82 Å². The van der Waals surface area contributed by atoms with Crippen molar-refractivity contribution < 1.29 is 4.79 Å². The Balaban J connectivity index is 1.11. The van der Waals surface area contributed by atoms with E-state index in [-0.39, 0.29) is 11.9 Å². The summed E-state index contributed by atoms with van der Waals surface area (Å²) in [4.78, 5) is 24.2. The summed E-state index contributed by atoms with van der Waals surface area (Å²) in [5, 5.41) is 10.5. The van der Waals surface area contributed by atoms with Gasteiger partial charge in [0.1, 0.15) is 11.5 Å². The molecule has 2 N–H and O–H groups in total. The van der Waals surface area contributed by atoms with Crippen LogP contribution in [0.3, 0.4) is 0 Å². The summed E-state index contributed by atoms with van der Waals surface area (Å²) < 4.78 is 1.94. The number of imidazole rings is 1. The molecule has 0 radical (unpaired) electrons. The molecule has 160 valence electrons. The van der Waals surface area contributed by atoms with E-state index in [9.17, 15) is 4.79 Å². The first-order valence-corrected chi connectivity index (χ1v) is 11.1. The van der Waals surface area contributed by atoms with Gasteiger partial charge in [-0.25, -0.2) is 9.97 Å². The molecule has 0 aromatic carbocycles. The number of fused-ring (bicyclic) bond motifs is 1. The van der Waals surface area contributed by atoms with Gasteiger partial charge < -0.3 is 14.8 Å². The molecule has 6 rings (SSSR count). The number of aromatic amines is 1. The lowest BCUT2D eigenvalue weighted by molar-refractivity contribution is 0.0931. The molecule has 1 saturated heterocycles. The van der Waals surface area contributed by atoms with Crippen molar-refractivity contribution >= 4 is 11.7 Å². The van der Waals surface area contributed by atoms with Gasteiger partial charge >= 0.3 is 0 Å². The minimum atomic E-state index is -0.158. The van der Waals surface area contributed by atoms with E-state index < -0.39 is 0 Å². The van der Waals surface area contributed by atoms with Crippen molar-refractivity contribution in [3.05, 3.63) is 58.6 Å². The minimum Gasteiger partial charge on any atom is -0.355 e. The average molecular weight is 418 g/mol. The second kappa shape index (κ2) is 6.67. The number of amides is 1. The van der Waals surface area contributed by atoms with Crippen molar-refractivity contribution in [2.24, 2.45) is 5.41 Å². The lowest BCUT2D eigenvalue weighted by Crippen LogP contribution is -2.48. The van der Waals surface area contributed by atoms with Crippen LogP contribution in [-0.4, -0.2) is 43.7 Å². The van der Waals surface area contributed by atoms with Gasteiger partial charge in [0.15, 0.2) is 0 Å². The molecule has 1 atom stereocenters. The third-order valence-electron chi connectivity index (χ3n) is 7.16. The molecule has 3 aromatic rings. The van der Waals surface area contributed by atoms with Gasteiger partial charge in [-0.15, -0.1) is 0 Å². The molecule has 1 spiro atoms. The first-order chi connectivity index (χ1) is 15.0. The number of anilines is 1. The number of carbonyl (C=O) groups excluding carboxylic acids is 1. The summed E-state index contributed by atoms with van der Waals surface area (Å²) in [6.07, 6.45) is 8.10. The highest BCUT2D eigenvalue weighted by Gasteiger charge is 2.52. The van der Waals surface area contributed by atoms with Gasteiger partial charge in [0.2, 0.25) is 0 Å². The lowest BCUT2D eigenvalue weighted by atomic mass is 9.97. The minimum absolute atomic E-state index is 0.0483. The molecule has 1 amide bonds. The molecule has 2 aliphatic carbocycles. The molecular formula is C23H27N7O. The number of pyridine rings is 1. The molecule has 0 unspecified atom stereocenters. The standard InChI is InChI=1S/C23H27N7O/c1-14-16(3-6-20(25-14)30-11-23(12-30)7-8-23)9-29-10-19(24-13-29)22(31)26-18-5-4-17-15(2)27-28-21(17)18/h3,6,10,13,18H,4-5,7-9,11-12H2,1-2H3,(H,26,31)(H,27,28)/t18-/m1/s1. The molecule has 4 heterocycles. The smallest absolute Gasteiger partial charge is 0.272 e. The van der Waals surface area contributed by atoms with Crippen molar-refractivity contribution in [2.75, 3.05) is 18.0 Å². The Kier molecular flexibility index (Phi) is 4.00. The Morgan fingerprint density at radius 1 is 1.29 bits per heavy atom. The molecule has 8 nitrogen and oxygen atoms in total. The quantitative estimate of drug-likeness (QED) is 0.666. The van der Waals surface area contributed by atoms with Gasteiger partial charge in [0, 0.05) is 36.1 Å². The fourth-order valence-corrected chi connectivity index (χ4v) is 4.97. The van der Waals surface area contributed by atoms with E-state index in [1.807, 2.05) is 11.5 Å². The number of rotatable bonds is 5. The summed E-state index contributed by atoms with van der Waals surface area (Å²) in [5.41, 5.74) is 6.50. The molecule has 0 bridgehead atoms. The predicted octanol–water partition coefficient (Wildman–Crippen LogP) is 2.68. The SMILES string of the molecule is Cc1nc(N2CC3(CC3)C2)ccc1Cn1cnc(C(=O)N[C@@H]2CCc3c2n[nH]c3C)c1. The fourth-order valence-electron chi connectivity index (χ4n) is 4.97. The summed E-state index contributed by atoms with van der Waals surface area (Å²) in [7, 11) is 0. The van der Waals surface area contributed by atoms with E-state index in [4.69, 9.17) is 4.98 Å². The van der Waals surface area contributed by atoms with Gasteiger partial charge in [-0.05, 0) is 56.7 Å². The number of carbonyl (C=O) groups is 1. The largest absolute Gasteiger partial charge is 0.355 e. The van der Waals surface area contributed by atoms with Gasteiger partial charge in [-0.2, -0.15) is 5.10 Å². The van der Waals surface area contributed by atoms with Gasteiger partial charge in [-0.1, -0.05) is 6.07 Å². The van der Waals surface area contributed by atoms with Crippen LogP contribution >= 0.6 is 0 Å². The number of hydrogen-bond donors (Lipinski definition) is 2. The molecular weight excluding hydrogens is 390 g/mol.